The fraction of sp³-hybridized carbons (Fsp3) is 0.714. The lowest BCUT2D eigenvalue weighted by atomic mass is 10.1. The Labute approximate surface area is 110 Å². The minimum absolute atomic E-state index is 0.765. The maximum absolute atomic E-state index is 5.05. The van der Waals surface area contributed by atoms with E-state index in [1.54, 1.807) is 7.11 Å². The topological polar surface area (TPSA) is 47.0 Å². The van der Waals surface area contributed by atoms with Gasteiger partial charge in [0, 0.05) is 43.6 Å². The zero-order chi connectivity index (χ0) is 13.4. The molecule has 0 atom stereocenters. The van der Waals surface area contributed by atoms with Crippen molar-refractivity contribution in [3.63, 3.8) is 0 Å². The molecule has 1 N–H and O–H groups in total. The molecule has 0 fully saturated rings. The molecule has 0 saturated heterocycles. The highest BCUT2D eigenvalue weighted by Crippen LogP contribution is 2.11. The van der Waals surface area contributed by atoms with Gasteiger partial charge >= 0.3 is 0 Å². The SMILES string of the molecule is CCCNCc1c(C)nc(CCCOC)nc1C. The van der Waals surface area contributed by atoms with Crippen molar-refractivity contribution < 1.29 is 4.74 Å². The van der Waals surface area contributed by atoms with E-state index in [4.69, 9.17) is 4.74 Å². The first kappa shape index (κ1) is 15.1. The van der Waals surface area contributed by atoms with Gasteiger partial charge in [0.2, 0.25) is 0 Å². The summed E-state index contributed by atoms with van der Waals surface area (Å²) in [5, 5.41) is 3.40. The largest absolute Gasteiger partial charge is 0.385 e. The second kappa shape index (κ2) is 8.16. The van der Waals surface area contributed by atoms with Crippen LogP contribution in [-0.4, -0.2) is 30.2 Å². The summed E-state index contributed by atoms with van der Waals surface area (Å²) >= 11 is 0. The number of rotatable bonds is 8. The third kappa shape index (κ3) is 4.70. The van der Waals surface area contributed by atoms with Crippen LogP contribution in [0.5, 0.6) is 0 Å². The third-order valence-electron chi connectivity index (χ3n) is 2.94. The Bertz CT molecular complexity index is 343. The molecule has 102 valence electrons. The monoisotopic (exact) mass is 251 g/mol. The molecule has 0 radical (unpaired) electrons. The van der Waals surface area contributed by atoms with Crippen molar-refractivity contribution in [3.8, 4) is 0 Å². The first-order valence-electron chi connectivity index (χ1n) is 6.71. The summed E-state index contributed by atoms with van der Waals surface area (Å²) in [7, 11) is 1.72. The van der Waals surface area contributed by atoms with Crippen LogP contribution in [0.4, 0.5) is 0 Å². The van der Waals surface area contributed by atoms with E-state index in [-0.39, 0.29) is 0 Å². The fourth-order valence-electron chi connectivity index (χ4n) is 1.94. The van der Waals surface area contributed by atoms with Gasteiger partial charge in [0.15, 0.2) is 0 Å². The Morgan fingerprint density at radius 2 is 1.83 bits per heavy atom. The van der Waals surface area contributed by atoms with Gasteiger partial charge in [0.25, 0.3) is 0 Å². The number of nitrogens with one attached hydrogen (secondary N) is 1. The Kier molecular flexibility index (Phi) is 6.83. The first-order chi connectivity index (χ1) is 8.69. The molecule has 0 aliphatic heterocycles. The minimum Gasteiger partial charge on any atom is -0.385 e. The lowest BCUT2D eigenvalue weighted by Gasteiger charge is -2.11. The average Bonchev–Trinajstić information content (AvgIpc) is 2.33. The molecule has 0 amide bonds. The van der Waals surface area contributed by atoms with Crippen LogP contribution in [-0.2, 0) is 17.7 Å². The molecule has 18 heavy (non-hydrogen) atoms. The summed E-state index contributed by atoms with van der Waals surface area (Å²) < 4.78 is 5.05. The number of nitrogens with zero attached hydrogens (tertiary/aromatic N) is 2. The van der Waals surface area contributed by atoms with Crippen LogP contribution in [0.3, 0.4) is 0 Å². The van der Waals surface area contributed by atoms with Gasteiger partial charge < -0.3 is 10.1 Å². The molecular weight excluding hydrogens is 226 g/mol. The van der Waals surface area contributed by atoms with Gasteiger partial charge in [-0.1, -0.05) is 6.92 Å². The normalized spacial score (nSPS) is 10.9. The highest BCUT2D eigenvalue weighted by atomic mass is 16.5. The third-order valence-corrected chi connectivity index (χ3v) is 2.94. The van der Waals surface area contributed by atoms with Gasteiger partial charge in [-0.15, -0.1) is 0 Å². The lowest BCUT2D eigenvalue weighted by molar-refractivity contribution is 0.194. The molecule has 4 heteroatoms. The van der Waals surface area contributed by atoms with Gasteiger partial charge in [0.1, 0.15) is 5.82 Å². The van der Waals surface area contributed by atoms with Crippen molar-refractivity contribution >= 4 is 0 Å². The minimum atomic E-state index is 0.765. The van der Waals surface area contributed by atoms with E-state index in [0.29, 0.717) is 0 Å². The van der Waals surface area contributed by atoms with Crippen LogP contribution >= 0.6 is 0 Å². The Morgan fingerprint density at radius 1 is 1.17 bits per heavy atom. The van der Waals surface area contributed by atoms with Gasteiger partial charge in [0.05, 0.1) is 0 Å². The summed E-state index contributed by atoms with van der Waals surface area (Å²) in [6, 6.07) is 0. The van der Waals surface area contributed by atoms with E-state index >= 15 is 0 Å². The van der Waals surface area contributed by atoms with E-state index < -0.39 is 0 Å². The van der Waals surface area contributed by atoms with Crippen LogP contribution in [0.15, 0.2) is 0 Å². The quantitative estimate of drug-likeness (QED) is 0.719. The molecule has 0 aliphatic rings. The van der Waals surface area contributed by atoms with E-state index in [1.165, 1.54) is 5.56 Å². The summed E-state index contributed by atoms with van der Waals surface area (Å²) in [6.45, 7) is 8.97. The highest BCUT2D eigenvalue weighted by Gasteiger charge is 2.07. The number of methoxy groups -OCH3 is 1. The van der Waals surface area contributed by atoms with Crippen LogP contribution in [0.1, 0.15) is 42.5 Å². The second-order valence-electron chi connectivity index (χ2n) is 4.56. The van der Waals surface area contributed by atoms with Gasteiger partial charge in [-0.3, -0.25) is 0 Å². The molecule has 0 spiro atoms. The number of hydrogen-bond donors (Lipinski definition) is 1. The Balaban J connectivity index is 2.65. The van der Waals surface area contributed by atoms with Crippen molar-refractivity contribution in [2.24, 2.45) is 0 Å². The van der Waals surface area contributed by atoms with Crippen LogP contribution in [0, 0.1) is 13.8 Å². The zero-order valence-electron chi connectivity index (χ0n) is 12.0. The van der Waals surface area contributed by atoms with Crippen molar-refractivity contribution in [3.05, 3.63) is 22.8 Å². The molecule has 0 bridgehead atoms. The van der Waals surface area contributed by atoms with Crippen molar-refractivity contribution in [1.82, 2.24) is 15.3 Å². The summed E-state index contributed by atoms with van der Waals surface area (Å²) in [4.78, 5) is 9.16. The summed E-state index contributed by atoms with van der Waals surface area (Å²) in [6.07, 6.45) is 3.01. The van der Waals surface area contributed by atoms with Gasteiger partial charge in [-0.25, -0.2) is 9.97 Å². The van der Waals surface area contributed by atoms with Gasteiger partial charge in [-0.2, -0.15) is 0 Å². The molecular formula is C14H25N3O. The number of ether oxygens (including phenoxy) is 1. The number of aryl methyl sites for hydroxylation is 3. The van der Waals surface area contributed by atoms with E-state index in [0.717, 1.165) is 56.2 Å². The molecule has 4 nitrogen and oxygen atoms in total. The lowest BCUT2D eigenvalue weighted by Crippen LogP contribution is -2.17. The second-order valence-corrected chi connectivity index (χ2v) is 4.56. The molecule has 1 rings (SSSR count). The molecule has 0 saturated carbocycles. The fourth-order valence-corrected chi connectivity index (χ4v) is 1.94. The molecule has 1 aromatic rings. The predicted octanol–water partition coefficient (Wildman–Crippen LogP) is 2.17. The molecule has 0 aromatic carbocycles. The maximum atomic E-state index is 5.05. The van der Waals surface area contributed by atoms with Crippen molar-refractivity contribution in [2.75, 3.05) is 20.3 Å². The summed E-state index contributed by atoms with van der Waals surface area (Å²) in [5.41, 5.74) is 3.43. The van der Waals surface area contributed by atoms with Crippen LogP contribution in [0.2, 0.25) is 0 Å². The van der Waals surface area contributed by atoms with Crippen molar-refractivity contribution in [2.45, 2.75) is 46.6 Å². The Morgan fingerprint density at radius 3 is 2.39 bits per heavy atom. The van der Waals surface area contributed by atoms with Crippen molar-refractivity contribution in [1.29, 1.82) is 0 Å². The highest BCUT2D eigenvalue weighted by molar-refractivity contribution is 5.24. The summed E-state index contributed by atoms with van der Waals surface area (Å²) in [5.74, 6) is 0.932. The first-order valence-corrected chi connectivity index (χ1v) is 6.71. The average molecular weight is 251 g/mol. The predicted molar refractivity (Wildman–Crippen MR) is 73.7 cm³/mol. The molecule has 0 aliphatic carbocycles. The van der Waals surface area contributed by atoms with Crippen LogP contribution < -0.4 is 5.32 Å². The molecule has 0 unspecified atom stereocenters. The van der Waals surface area contributed by atoms with E-state index in [1.807, 2.05) is 0 Å². The molecule has 1 aromatic heterocycles. The number of aromatic nitrogens is 2. The smallest absolute Gasteiger partial charge is 0.128 e. The standard InChI is InChI=1S/C14H25N3O/c1-5-8-15-10-13-11(2)16-14(17-12(13)3)7-6-9-18-4/h15H,5-10H2,1-4H3. The molecule has 1 heterocycles. The maximum Gasteiger partial charge on any atom is 0.128 e. The van der Waals surface area contributed by atoms with E-state index in [2.05, 4.69) is 36.1 Å². The zero-order valence-corrected chi connectivity index (χ0v) is 12.0. The number of hydrogen-bond acceptors (Lipinski definition) is 4. The Hall–Kier alpha value is -1.00. The van der Waals surface area contributed by atoms with Crippen LogP contribution in [0.25, 0.3) is 0 Å². The van der Waals surface area contributed by atoms with E-state index in [9.17, 15) is 0 Å². The van der Waals surface area contributed by atoms with Gasteiger partial charge in [-0.05, 0) is 33.2 Å².